The second kappa shape index (κ2) is 6.44. The van der Waals surface area contributed by atoms with E-state index >= 15 is 0 Å². The lowest BCUT2D eigenvalue weighted by atomic mass is 10.1. The van der Waals surface area contributed by atoms with Gasteiger partial charge < -0.3 is 5.32 Å². The molecule has 21 heavy (non-hydrogen) atoms. The summed E-state index contributed by atoms with van der Waals surface area (Å²) < 4.78 is 39.2. The molecule has 0 fully saturated rings. The van der Waals surface area contributed by atoms with Gasteiger partial charge in [-0.3, -0.25) is 0 Å². The first-order valence-corrected chi connectivity index (χ1v) is 7.03. The first kappa shape index (κ1) is 15.8. The van der Waals surface area contributed by atoms with Crippen LogP contribution in [-0.4, -0.2) is 17.0 Å². The summed E-state index contributed by atoms with van der Waals surface area (Å²) in [6.45, 7) is 2.02. The molecule has 2 aromatic rings. The van der Waals surface area contributed by atoms with Crippen molar-refractivity contribution in [2.24, 2.45) is 0 Å². The Morgan fingerprint density at radius 2 is 1.86 bits per heavy atom. The number of alkyl halides is 3. The van der Waals surface area contributed by atoms with Crippen molar-refractivity contribution in [1.82, 2.24) is 15.3 Å². The molecule has 1 aromatic carbocycles. The number of hydrogen-bond acceptors (Lipinski definition) is 4. The van der Waals surface area contributed by atoms with Crippen molar-refractivity contribution in [1.29, 1.82) is 0 Å². The van der Waals surface area contributed by atoms with Crippen LogP contribution in [0.3, 0.4) is 0 Å². The third-order valence-electron chi connectivity index (χ3n) is 2.72. The van der Waals surface area contributed by atoms with Crippen LogP contribution in [0.2, 0.25) is 0 Å². The van der Waals surface area contributed by atoms with Gasteiger partial charge in [0, 0.05) is 23.8 Å². The molecule has 0 aliphatic heterocycles. The lowest BCUT2D eigenvalue weighted by molar-refractivity contribution is -0.138. The Morgan fingerprint density at radius 1 is 1.19 bits per heavy atom. The minimum absolute atomic E-state index is 0.167. The number of nitrogens with zero attached hydrogens (tertiary/aromatic N) is 2. The third kappa shape index (κ3) is 4.18. The highest BCUT2D eigenvalue weighted by Crippen LogP contribution is 2.35. The maximum absolute atomic E-state index is 13.1. The summed E-state index contributed by atoms with van der Waals surface area (Å²) in [4.78, 5) is 8.63. The third-order valence-corrected chi connectivity index (χ3v) is 3.60. The Balaban J connectivity index is 2.31. The molecule has 0 radical (unpaired) electrons. The molecule has 0 aliphatic carbocycles. The predicted octanol–water partition coefficient (Wildman–Crippen LogP) is 3.67. The van der Waals surface area contributed by atoms with Crippen molar-refractivity contribution >= 4 is 11.8 Å². The molecule has 1 aromatic heterocycles. The highest BCUT2D eigenvalue weighted by molar-refractivity contribution is 7.99. The second-order valence-corrected chi connectivity index (χ2v) is 5.53. The van der Waals surface area contributed by atoms with Crippen LogP contribution >= 0.6 is 11.8 Å². The van der Waals surface area contributed by atoms with Gasteiger partial charge in [0.2, 0.25) is 0 Å². The van der Waals surface area contributed by atoms with Crippen molar-refractivity contribution in [3.63, 3.8) is 0 Å². The monoisotopic (exact) mass is 313 g/mol. The highest BCUT2D eigenvalue weighted by Gasteiger charge is 2.33. The van der Waals surface area contributed by atoms with Crippen molar-refractivity contribution in [2.75, 3.05) is 7.05 Å². The van der Waals surface area contributed by atoms with Gasteiger partial charge in [-0.25, -0.2) is 9.97 Å². The highest BCUT2D eigenvalue weighted by atomic mass is 32.2. The van der Waals surface area contributed by atoms with Gasteiger partial charge in [0.15, 0.2) is 5.16 Å². The van der Waals surface area contributed by atoms with E-state index < -0.39 is 11.7 Å². The van der Waals surface area contributed by atoms with Gasteiger partial charge in [-0.15, -0.1) is 0 Å². The fourth-order valence-corrected chi connectivity index (χ4v) is 2.50. The van der Waals surface area contributed by atoms with Crippen LogP contribution in [-0.2, 0) is 12.7 Å². The van der Waals surface area contributed by atoms with Crippen molar-refractivity contribution in [3.05, 3.63) is 47.3 Å². The molecule has 112 valence electrons. The van der Waals surface area contributed by atoms with Crippen LogP contribution in [0.15, 0.2) is 40.6 Å². The lowest BCUT2D eigenvalue weighted by Gasteiger charge is -2.14. The van der Waals surface area contributed by atoms with E-state index in [2.05, 4.69) is 15.3 Å². The topological polar surface area (TPSA) is 37.8 Å². The van der Waals surface area contributed by atoms with E-state index in [1.807, 2.05) is 6.92 Å². The molecule has 0 spiro atoms. The maximum Gasteiger partial charge on any atom is 0.416 e. The molecule has 7 heteroatoms. The number of hydrogen-bond donors (Lipinski definition) is 1. The van der Waals surface area contributed by atoms with E-state index in [0.717, 1.165) is 23.4 Å². The maximum atomic E-state index is 13.1. The summed E-state index contributed by atoms with van der Waals surface area (Å²) in [5.41, 5.74) is 0.493. The number of rotatable bonds is 4. The van der Waals surface area contributed by atoms with Gasteiger partial charge in [-0.05, 0) is 49.0 Å². The Kier molecular flexibility index (Phi) is 4.84. The molecule has 1 heterocycles. The van der Waals surface area contributed by atoms with Gasteiger partial charge in [0.05, 0.1) is 5.56 Å². The lowest BCUT2D eigenvalue weighted by Crippen LogP contribution is -2.14. The van der Waals surface area contributed by atoms with Crippen LogP contribution in [0.4, 0.5) is 13.2 Å². The van der Waals surface area contributed by atoms with Crippen LogP contribution in [0.25, 0.3) is 0 Å². The zero-order chi connectivity index (χ0) is 15.5. The van der Waals surface area contributed by atoms with Gasteiger partial charge in [-0.1, -0.05) is 6.07 Å². The molecular formula is C14H14F3N3S. The van der Waals surface area contributed by atoms with E-state index in [0.29, 0.717) is 10.1 Å². The minimum Gasteiger partial charge on any atom is -0.316 e. The summed E-state index contributed by atoms with van der Waals surface area (Å²) in [5, 5.41) is 3.17. The van der Waals surface area contributed by atoms with Crippen molar-refractivity contribution in [3.8, 4) is 0 Å². The standard InChI is InChI=1S/C14H14F3N3S/c1-9-6-19-13(20-7-9)21-11-4-3-10(8-18-2)12(5-11)14(15,16)17/h3-7,18H,8H2,1-2H3. The van der Waals surface area contributed by atoms with Gasteiger partial charge in [0.25, 0.3) is 0 Å². The van der Waals surface area contributed by atoms with Gasteiger partial charge >= 0.3 is 6.18 Å². The molecule has 3 nitrogen and oxygen atoms in total. The molecule has 0 saturated heterocycles. The summed E-state index contributed by atoms with van der Waals surface area (Å²) in [5.74, 6) is 0. The zero-order valence-electron chi connectivity index (χ0n) is 11.5. The molecule has 0 saturated carbocycles. The van der Waals surface area contributed by atoms with Gasteiger partial charge in [-0.2, -0.15) is 13.2 Å². The summed E-state index contributed by atoms with van der Waals surface area (Å²) in [6.07, 6.45) is -1.11. The van der Waals surface area contributed by atoms with Crippen LogP contribution < -0.4 is 5.32 Å². The summed E-state index contributed by atoms with van der Waals surface area (Å²) >= 11 is 1.11. The van der Waals surface area contributed by atoms with Gasteiger partial charge in [0.1, 0.15) is 0 Å². The Labute approximate surface area is 125 Å². The molecule has 0 bridgehead atoms. The summed E-state index contributed by atoms with van der Waals surface area (Å²) in [7, 11) is 1.61. The Hall–Kier alpha value is -1.60. The number of halogens is 3. The molecule has 0 aliphatic rings. The normalized spacial score (nSPS) is 11.7. The fraction of sp³-hybridized carbons (Fsp3) is 0.286. The van der Waals surface area contributed by atoms with E-state index in [9.17, 15) is 13.2 Å². The SMILES string of the molecule is CNCc1ccc(Sc2ncc(C)cn2)cc1C(F)(F)F. The second-order valence-electron chi connectivity index (χ2n) is 4.49. The minimum atomic E-state index is -4.38. The van der Waals surface area contributed by atoms with Crippen LogP contribution in [0.1, 0.15) is 16.7 Å². The fourth-order valence-electron chi connectivity index (χ4n) is 1.77. The first-order chi connectivity index (χ1) is 9.90. The molecule has 0 atom stereocenters. The molecule has 2 rings (SSSR count). The zero-order valence-corrected chi connectivity index (χ0v) is 12.3. The van der Waals surface area contributed by atoms with E-state index in [4.69, 9.17) is 0 Å². The smallest absolute Gasteiger partial charge is 0.316 e. The van der Waals surface area contributed by atoms with Crippen molar-refractivity contribution < 1.29 is 13.2 Å². The first-order valence-electron chi connectivity index (χ1n) is 6.21. The van der Waals surface area contributed by atoms with Crippen molar-refractivity contribution in [2.45, 2.75) is 29.7 Å². The average Bonchev–Trinajstić information content (AvgIpc) is 2.42. The van der Waals surface area contributed by atoms with E-state index in [1.165, 1.54) is 6.07 Å². The van der Waals surface area contributed by atoms with Crippen LogP contribution in [0, 0.1) is 6.92 Å². The molecule has 0 amide bonds. The average molecular weight is 313 g/mol. The molecular weight excluding hydrogens is 299 g/mol. The predicted molar refractivity (Wildman–Crippen MR) is 75.1 cm³/mol. The number of benzene rings is 1. The Bertz CT molecular complexity index is 612. The largest absolute Gasteiger partial charge is 0.416 e. The molecule has 0 unspecified atom stereocenters. The van der Waals surface area contributed by atoms with E-state index in [1.54, 1.807) is 25.5 Å². The summed E-state index contributed by atoms with van der Waals surface area (Å²) in [6, 6.07) is 4.27. The quantitative estimate of drug-likeness (QED) is 0.874. The number of aromatic nitrogens is 2. The number of nitrogens with one attached hydrogen (secondary N) is 1. The van der Waals surface area contributed by atoms with E-state index in [-0.39, 0.29) is 12.1 Å². The Morgan fingerprint density at radius 3 is 2.43 bits per heavy atom. The molecule has 1 N–H and O–H groups in total. The van der Waals surface area contributed by atoms with Crippen LogP contribution in [0.5, 0.6) is 0 Å². The number of aryl methyl sites for hydroxylation is 1.